The highest BCUT2D eigenvalue weighted by atomic mass is 35.5. The Labute approximate surface area is 156 Å². The molecule has 11 nitrogen and oxygen atoms in total. The van der Waals surface area contributed by atoms with Gasteiger partial charge in [0.25, 0.3) is 10.0 Å². The predicted octanol–water partition coefficient (Wildman–Crippen LogP) is 1.35. The van der Waals surface area contributed by atoms with Gasteiger partial charge in [0.05, 0.1) is 7.11 Å². The van der Waals surface area contributed by atoms with Gasteiger partial charge in [-0.15, -0.1) is 0 Å². The standard InChI is InChI=1S/C12H9Cl2N7O4S/c1-25-8-5-6(13)16-11(18-8)19-12(22)20-26(23,24)10-9(14)17-7-3-2-4-15-21(7)10/h2-5H,1H3,(H2,16,18,19,20,22). The molecule has 0 saturated heterocycles. The first-order valence-corrected chi connectivity index (χ1v) is 8.95. The summed E-state index contributed by atoms with van der Waals surface area (Å²) in [4.78, 5) is 23.4. The lowest BCUT2D eigenvalue weighted by atomic mass is 10.6. The SMILES string of the molecule is COc1cc(Cl)nc(NC(=O)NS(=O)(=O)c2c(Cl)nc3cccnn23)n1. The molecule has 2 amide bonds. The Morgan fingerprint density at radius 2 is 2.04 bits per heavy atom. The number of urea groups is 1. The van der Waals surface area contributed by atoms with E-state index in [2.05, 4.69) is 25.4 Å². The molecule has 3 rings (SSSR count). The molecule has 0 aromatic carbocycles. The van der Waals surface area contributed by atoms with Gasteiger partial charge in [-0.2, -0.15) is 23.0 Å². The molecule has 0 unspecified atom stereocenters. The van der Waals surface area contributed by atoms with Crippen molar-refractivity contribution in [1.29, 1.82) is 0 Å². The zero-order valence-electron chi connectivity index (χ0n) is 12.8. The Bertz CT molecular complexity index is 1100. The van der Waals surface area contributed by atoms with Crippen molar-refractivity contribution in [2.24, 2.45) is 0 Å². The molecule has 26 heavy (non-hydrogen) atoms. The van der Waals surface area contributed by atoms with Gasteiger partial charge in [0, 0.05) is 12.3 Å². The molecular weight excluding hydrogens is 409 g/mol. The number of fused-ring (bicyclic) bond motifs is 1. The monoisotopic (exact) mass is 417 g/mol. The molecule has 0 saturated carbocycles. The predicted molar refractivity (Wildman–Crippen MR) is 90.9 cm³/mol. The molecular formula is C12H9Cl2N7O4S. The summed E-state index contributed by atoms with van der Waals surface area (Å²) in [6.07, 6.45) is 1.34. The van der Waals surface area contributed by atoms with Gasteiger partial charge in [0.2, 0.25) is 16.9 Å². The van der Waals surface area contributed by atoms with E-state index in [-0.39, 0.29) is 27.8 Å². The van der Waals surface area contributed by atoms with E-state index < -0.39 is 21.1 Å². The van der Waals surface area contributed by atoms with Crippen LogP contribution in [0, 0.1) is 0 Å². The third-order valence-corrected chi connectivity index (χ3v) is 4.80. The summed E-state index contributed by atoms with van der Waals surface area (Å²) in [5, 5.41) is 5.14. The molecule has 3 aromatic rings. The minimum atomic E-state index is -4.40. The number of ether oxygens (including phenoxy) is 1. The summed E-state index contributed by atoms with van der Waals surface area (Å²) < 4.78 is 32.6. The van der Waals surface area contributed by atoms with Gasteiger partial charge in [-0.05, 0) is 12.1 Å². The van der Waals surface area contributed by atoms with E-state index in [1.165, 1.54) is 25.4 Å². The smallest absolute Gasteiger partial charge is 0.335 e. The fourth-order valence-electron chi connectivity index (χ4n) is 1.92. The summed E-state index contributed by atoms with van der Waals surface area (Å²) in [5.74, 6) is -0.179. The highest BCUT2D eigenvalue weighted by molar-refractivity contribution is 7.90. The van der Waals surface area contributed by atoms with Crippen molar-refractivity contribution in [3.05, 3.63) is 34.7 Å². The van der Waals surface area contributed by atoms with Crippen molar-refractivity contribution in [3.63, 3.8) is 0 Å². The van der Waals surface area contributed by atoms with Crippen LogP contribution in [0.1, 0.15) is 0 Å². The molecule has 0 bridgehead atoms. The third kappa shape index (κ3) is 3.61. The number of aromatic nitrogens is 5. The second kappa shape index (κ2) is 6.90. The van der Waals surface area contributed by atoms with E-state index in [0.717, 1.165) is 4.52 Å². The Morgan fingerprint density at radius 3 is 2.77 bits per heavy atom. The molecule has 14 heteroatoms. The van der Waals surface area contributed by atoms with Crippen LogP contribution < -0.4 is 14.8 Å². The van der Waals surface area contributed by atoms with Gasteiger partial charge in [-0.1, -0.05) is 23.2 Å². The number of nitrogens with zero attached hydrogens (tertiary/aromatic N) is 5. The van der Waals surface area contributed by atoms with Crippen LogP contribution >= 0.6 is 23.2 Å². The van der Waals surface area contributed by atoms with E-state index >= 15 is 0 Å². The van der Waals surface area contributed by atoms with Gasteiger partial charge >= 0.3 is 6.03 Å². The minimum Gasteiger partial charge on any atom is -0.481 e. The number of imidazole rings is 1. The Hall–Kier alpha value is -2.70. The maximum absolute atomic E-state index is 12.5. The van der Waals surface area contributed by atoms with Crippen LogP contribution in [0.3, 0.4) is 0 Å². The second-order valence-electron chi connectivity index (χ2n) is 4.62. The molecule has 2 N–H and O–H groups in total. The Kier molecular flexibility index (Phi) is 4.80. The third-order valence-electron chi connectivity index (χ3n) is 2.90. The fourth-order valence-corrected chi connectivity index (χ4v) is 3.59. The fraction of sp³-hybridized carbons (Fsp3) is 0.0833. The molecule has 0 fully saturated rings. The van der Waals surface area contributed by atoms with Crippen LogP contribution in [0.5, 0.6) is 5.88 Å². The number of carbonyl (C=O) groups is 1. The summed E-state index contributed by atoms with van der Waals surface area (Å²) >= 11 is 11.6. The van der Waals surface area contributed by atoms with Gasteiger partial charge in [0.1, 0.15) is 5.15 Å². The molecule has 0 aliphatic rings. The maximum atomic E-state index is 12.5. The van der Waals surface area contributed by atoms with Crippen molar-refractivity contribution in [3.8, 4) is 5.88 Å². The Balaban J connectivity index is 1.86. The van der Waals surface area contributed by atoms with Crippen LogP contribution in [0.15, 0.2) is 29.4 Å². The van der Waals surface area contributed by atoms with E-state index in [1.807, 2.05) is 0 Å². The lowest BCUT2D eigenvalue weighted by Crippen LogP contribution is -2.35. The van der Waals surface area contributed by atoms with Crippen LogP contribution in [0.4, 0.5) is 10.7 Å². The summed E-state index contributed by atoms with van der Waals surface area (Å²) in [6, 6.07) is 3.23. The normalized spacial score (nSPS) is 11.3. The van der Waals surface area contributed by atoms with Crippen molar-refractivity contribution in [2.45, 2.75) is 5.03 Å². The first-order chi connectivity index (χ1) is 12.3. The second-order valence-corrected chi connectivity index (χ2v) is 6.96. The number of nitrogens with one attached hydrogen (secondary N) is 2. The summed E-state index contributed by atoms with van der Waals surface area (Å²) in [6.45, 7) is 0. The zero-order valence-corrected chi connectivity index (χ0v) is 15.2. The van der Waals surface area contributed by atoms with Crippen LogP contribution in [0.25, 0.3) is 5.65 Å². The molecule has 0 atom stereocenters. The molecule has 3 heterocycles. The number of anilines is 1. The van der Waals surface area contributed by atoms with Crippen molar-refractivity contribution in [2.75, 3.05) is 12.4 Å². The van der Waals surface area contributed by atoms with Gasteiger partial charge in [-0.25, -0.2) is 19.5 Å². The number of rotatable bonds is 4. The average Bonchev–Trinajstić information content (AvgIpc) is 2.89. The first kappa shape index (κ1) is 18.1. The number of methoxy groups -OCH3 is 1. The van der Waals surface area contributed by atoms with Crippen LogP contribution in [-0.2, 0) is 10.0 Å². The molecule has 0 aliphatic heterocycles. The van der Waals surface area contributed by atoms with E-state index in [0.29, 0.717) is 0 Å². The topological polar surface area (TPSA) is 140 Å². The van der Waals surface area contributed by atoms with Crippen LogP contribution in [-0.4, -0.2) is 46.1 Å². The lowest BCUT2D eigenvalue weighted by molar-refractivity contribution is 0.256. The minimum absolute atomic E-state index is 0.0102. The number of hydrogen-bond acceptors (Lipinski definition) is 8. The first-order valence-electron chi connectivity index (χ1n) is 6.72. The Morgan fingerprint density at radius 1 is 1.27 bits per heavy atom. The largest absolute Gasteiger partial charge is 0.481 e. The lowest BCUT2D eigenvalue weighted by Gasteiger charge is -2.08. The van der Waals surface area contributed by atoms with Crippen LogP contribution in [0.2, 0.25) is 10.3 Å². The number of sulfonamides is 1. The molecule has 0 spiro atoms. The number of halogens is 2. The number of hydrogen-bond donors (Lipinski definition) is 2. The highest BCUT2D eigenvalue weighted by Crippen LogP contribution is 2.21. The van der Waals surface area contributed by atoms with Gasteiger partial charge in [-0.3, -0.25) is 5.32 Å². The zero-order chi connectivity index (χ0) is 18.9. The van der Waals surface area contributed by atoms with Crippen molar-refractivity contribution >= 4 is 50.9 Å². The van der Waals surface area contributed by atoms with Gasteiger partial charge in [0.15, 0.2) is 10.8 Å². The molecule has 0 radical (unpaired) electrons. The summed E-state index contributed by atoms with van der Waals surface area (Å²) in [7, 11) is -3.06. The van der Waals surface area contributed by atoms with E-state index in [1.54, 1.807) is 10.8 Å². The summed E-state index contributed by atoms with van der Waals surface area (Å²) in [5.41, 5.74) is 0.196. The molecule has 3 aromatic heterocycles. The van der Waals surface area contributed by atoms with Gasteiger partial charge < -0.3 is 4.74 Å². The number of amides is 2. The number of carbonyl (C=O) groups excluding carboxylic acids is 1. The average molecular weight is 418 g/mol. The van der Waals surface area contributed by atoms with Crippen molar-refractivity contribution in [1.82, 2.24) is 29.3 Å². The maximum Gasteiger partial charge on any atom is 0.335 e. The van der Waals surface area contributed by atoms with Crippen molar-refractivity contribution < 1.29 is 17.9 Å². The molecule has 136 valence electrons. The van der Waals surface area contributed by atoms with E-state index in [4.69, 9.17) is 27.9 Å². The molecule has 0 aliphatic carbocycles. The highest BCUT2D eigenvalue weighted by Gasteiger charge is 2.27. The van der Waals surface area contributed by atoms with E-state index in [9.17, 15) is 13.2 Å². The quantitative estimate of drug-likeness (QED) is 0.605.